The highest BCUT2D eigenvalue weighted by Gasteiger charge is 2.31. The van der Waals surface area contributed by atoms with Gasteiger partial charge in [-0.15, -0.1) is 0 Å². The van der Waals surface area contributed by atoms with Crippen LogP contribution in [0, 0.1) is 19.8 Å². The van der Waals surface area contributed by atoms with Crippen molar-refractivity contribution < 1.29 is 9.59 Å². The minimum Gasteiger partial charge on any atom is -0.299 e. The molecule has 0 amide bonds. The number of hydrogen-bond donors (Lipinski definition) is 0. The van der Waals surface area contributed by atoms with E-state index in [1.165, 1.54) is 0 Å². The van der Waals surface area contributed by atoms with E-state index < -0.39 is 0 Å². The van der Waals surface area contributed by atoms with Crippen LogP contribution in [0.3, 0.4) is 0 Å². The maximum atomic E-state index is 12.1. The van der Waals surface area contributed by atoms with Crippen molar-refractivity contribution in [3.63, 3.8) is 0 Å². The van der Waals surface area contributed by atoms with Crippen LogP contribution in [0.4, 0.5) is 0 Å². The quantitative estimate of drug-likeness (QED) is 0.579. The summed E-state index contributed by atoms with van der Waals surface area (Å²) >= 11 is 0. The van der Waals surface area contributed by atoms with E-state index in [-0.39, 0.29) is 23.9 Å². The van der Waals surface area contributed by atoms with Crippen LogP contribution in [0.2, 0.25) is 0 Å². The van der Waals surface area contributed by atoms with Gasteiger partial charge in [-0.2, -0.15) is 5.10 Å². The van der Waals surface area contributed by atoms with Gasteiger partial charge in [0.2, 0.25) is 0 Å². The standard InChI is InChI=1S/C13H18N2O2/c1-4-15-9(3)13(8(2)14-15)12(17)7-11(16)10-5-6-10/h10H,4-7H2,1-3H3. The third kappa shape index (κ3) is 2.30. The topological polar surface area (TPSA) is 52.0 Å². The largest absolute Gasteiger partial charge is 0.299 e. The highest BCUT2D eigenvalue weighted by atomic mass is 16.1. The third-order valence-electron chi connectivity index (χ3n) is 3.33. The zero-order chi connectivity index (χ0) is 12.6. The maximum Gasteiger partial charge on any atom is 0.173 e. The zero-order valence-electron chi connectivity index (χ0n) is 10.6. The van der Waals surface area contributed by atoms with Crippen LogP contribution in [0.25, 0.3) is 0 Å². The first-order valence-corrected chi connectivity index (χ1v) is 6.14. The van der Waals surface area contributed by atoms with Gasteiger partial charge in [-0.25, -0.2) is 0 Å². The fraction of sp³-hybridized carbons (Fsp3) is 0.615. The van der Waals surface area contributed by atoms with Gasteiger partial charge in [0.05, 0.1) is 17.7 Å². The van der Waals surface area contributed by atoms with Crippen LogP contribution >= 0.6 is 0 Å². The summed E-state index contributed by atoms with van der Waals surface area (Å²) in [6, 6.07) is 0. The summed E-state index contributed by atoms with van der Waals surface area (Å²) in [5.74, 6) is 0.176. The van der Waals surface area contributed by atoms with E-state index in [0.29, 0.717) is 5.56 Å². The number of aromatic nitrogens is 2. The highest BCUT2D eigenvalue weighted by Crippen LogP contribution is 2.31. The van der Waals surface area contributed by atoms with E-state index in [4.69, 9.17) is 0 Å². The van der Waals surface area contributed by atoms with Crippen molar-refractivity contribution in [2.75, 3.05) is 0 Å². The number of Topliss-reactive ketones (excluding diaryl/α,β-unsaturated/α-hetero) is 2. The molecule has 92 valence electrons. The Labute approximate surface area is 101 Å². The molecule has 0 unspecified atom stereocenters. The van der Waals surface area contributed by atoms with Crippen molar-refractivity contribution in [2.45, 2.75) is 46.6 Å². The predicted octanol–water partition coefficient (Wildman–Crippen LogP) is 2.07. The van der Waals surface area contributed by atoms with Crippen molar-refractivity contribution in [3.8, 4) is 0 Å². The van der Waals surface area contributed by atoms with E-state index in [1.54, 1.807) is 0 Å². The number of carbonyl (C=O) groups is 2. The molecule has 1 aliphatic rings. The molecule has 0 atom stereocenters. The first-order valence-electron chi connectivity index (χ1n) is 6.14. The average molecular weight is 234 g/mol. The molecule has 0 saturated heterocycles. The Hall–Kier alpha value is -1.45. The number of hydrogen-bond acceptors (Lipinski definition) is 3. The molecule has 0 bridgehead atoms. The molecular weight excluding hydrogens is 216 g/mol. The summed E-state index contributed by atoms with van der Waals surface area (Å²) in [6.45, 7) is 6.45. The van der Waals surface area contributed by atoms with Gasteiger partial charge in [0.1, 0.15) is 5.78 Å². The molecule has 17 heavy (non-hydrogen) atoms. The summed E-state index contributed by atoms with van der Waals surface area (Å²) in [6.07, 6.45) is 1.96. The molecule has 2 rings (SSSR count). The lowest BCUT2D eigenvalue weighted by molar-refractivity contribution is -0.119. The Kier molecular flexibility index (Phi) is 3.13. The summed E-state index contributed by atoms with van der Waals surface area (Å²) in [5.41, 5.74) is 2.25. The Morgan fingerprint density at radius 2 is 2.00 bits per heavy atom. The summed E-state index contributed by atoms with van der Waals surface area (Å²) in [4.78, 5) is 23.7. The first kappa shape index (κ1) is 12.0. The molecule has 1 aromatic heterocycles. The molecule has 1 aliphatic carbocycles. The molecular formula is C13H18N2O2. The molecule has 0 aliphatic heterocycles. The van der Waals surface area contributed by atoms with Crippen LogP contribution < -0.4 is 0 Å². The summed E-state index contributed by atoms with van der Waals surface area (Å²) in [5, 5.41) is 4.30. The second kappa shape index (κ2) is 4.43. The van der Waals surface area contributed by atoms with Gasteiger partial charge in [0.25, 0.3) is 0 Å². The van der Waals surface area contributed by atoms with Gasteiger partial charge in [-0.05, 0) is 33.6 Å². The van der Waals surface area contributed by atoms with Gasteiger partial charge in [-0.3, -0.25) is 14.3 Å². The Balaban J connectivity index is 2.18. The van der Waals surface area contributed by atoms with Crippen LogP contribution in [0.1, 0.15) is 47.9 Å². The number of nitrogens with zero attached hydrogens (tertiary/aromatic N) is 2. The lowest BCUT2D eigenvalue weighted by Gasteiger charge is -2.01. The Morgan fingerprint density at radius 1 is 1.35 bits per heavy atom. The first-order chi connectivity index (χ1) is 8.04. The molecule has 1 heterocycles. The van der Waals surface area contributed by atoms with E-state index >= 15 is 0 Å². The van der Waals surface area contributed by atoms with Crippen molar-refractivity contribution >= 4 is 11.6 Å². The third-order valence-corrected chi connectivity index (χ3v) is 3.33. The molecule has 4 heteroatoms. The van der Waals surface area contributed by atoms with Crippen molar-refractivity contribution in [1.29, 1.82) is 0 Å². The van der Waals surface area contributed by atoms with Crippen molar-refractivity contribution in [2.24, 2.45) is 5.92 Å². The van der Waals surface area contributed by atoms with E-state index in [9.17, 15) is 9.59 Å². The lowest BCUT2D eigenvalue weighted by Crippen LogP contribution is -2.11. The number of ketones is 2. The minimum absolute atomic E-state index is 0.0434. The predicted molar refractivity (Wildman–Crippen MR) is 64.1 cm³/mol. The van der Waals surface area contributed by atoms with Crippen LogP contribution in [-0.2, 0) is 11.3 Å². The van der Waals surface area contributed by atoms with E-state index in [2.05, 4.69) is 5.10 Å². The van der Waals surface area contributed by atoms with Gasteiger partial charge in [-0.1, -0.05) is 0 Å². The van der Waals surface area contributed by atoms with E-state index in [0.717, 1.165) is 30.8 Å². The van der Waals surface area contributed by atoms with Crippen LogP contribution in [-0.4, -0.2) is 21.3 Å². The summed E-state index contributed by atoms with van der Waals surface area (Å²) in [7, 11) is 0. The van der Waals surface area contributed by atoms with Gasteiger partial charge in [0, 0.05) is 18.2 Å². The smallest absolute Gasteiger partial charge is 0.173 e. The molecule has 1 aromatic rings. The number of carbonyl (C=O) groups excluding carboxylic acids is 2. The molecule has 1 fully saturated rings. The monoisotopic (exact) mass is 234 g/mol. The molecule has 0 radical (unpaired) electrons. The fourth-order valence-electron chi connectivity index (χ4n) is 2.20. The number of aryl methyl sites for hydroxylation is 2. The maximum absolute atomic E-state index is 12.1. The molecule has 1 saturated carbocycles. The van der Waals surface area contributed by atoms with Crippen LogP contribution in [0.15, 0.2) is 0 Å². The highest BCUT2D eigenvalue weighted by molar-refractivity contribution is 6.10. The van der Waals surface area contributed by atoms with Gasteiger partial charge in [0.15, 0.2) is 5.78 Å². The molecule has 4 nitrogen and oxygen atoms in total. The lowest BCUT2D eigenvalue weighted by atomic mass is 10.0. The van der Waals surface area contributed by atoms with Crippen molar-refractivity contribution in [3.05, 3.63) is 17.0 Å². The second-order valence-electron chi connectivity index (χ2n) is 4.70. The fourth-order valence-corrected chi connectivity index (χ4v) is 2.20. The second-order valence-corrected chi connectivity index (χ2v) is 4.70. The normalized spacial score (nSPS) is 15.0. The van der Waals surface area contributed by atoms with Gasteiger partial charge >= 0.3 is 0 Å². The Bertz CT molecular complexity index is 470. The van der Waals surface area contributed by atoms with E-state index in [1.807, 2.05) is 25.5 Å². The Morgan fingerprint density at radius 3 is 2.47 bits per heavy atom. The molecule has 0 aromatic carbocycles. The van der Waals surface area contributed by atoms with Crippen molar-refractivity contribution in [1.82, 2.24) is 9.78 Å². The minimum atomic E-state index is -0.0726. The number of rotatable bonds is 5. The summed E-state index contributed by atoms with van der Waals surface area (Å²) < 4.78 is 1.81. The van der Waals surface area contributed by atoms with Crippen LogP contribution in [0.5, 0.6) is 0 Å². The zero-order valence-corrected chi connectivity index (χ0v) is 10.6. The molecule has 0 N–H and O–H groups in total. The molecule has 0 spiro atoms. The average Bonchev–Trinajstić information content (AvgIpc) is 3.05. The van der Waals surface area contributed by atoms with Gasteiger partial charge < -0.3 is 0 Å². The SMILES string of the molecule is CCn1nc(C)c(C(=O)CC(=O)C2CC2)c1C.